The number of hydrazine groups is 1. The molecule has 1 amide bonds. The predicted octanol–water partition coefficient (Wildman–Crippen LogP) is 3.64. The normalized spacial score (nSPS) is 10.1. The van der Waals surface area contributed by atoms with Gasteiger partial charge in [0.2, 0.25) is 0 Å². The van der Waals surface area contributed by atoms with Crippen LogP contribution in [0.5, 0.6) is 0 Å². The lowest BCUT2D eigenvalue weighted by Crippen LogP contribution is -2.12. The van der Waals surface area contributed by atoms with E-state index in [0.717, 1.165) is 10.2 Å². The third kappa shape index (κ3) is 3.47. The van der Waals surface area contributed by atoms with Gasteiger partial charge in [-0.1, -0.05) is 11.6 Å². The average molecular weight is 341 g/mol. The first kappa shape index (κ1) is 13.9. The van der Waals surface area contributed by atoms with Gasteiger partial charge in [-0.3, -0.25) is 10.6 Å². The molecule has 0 saturated heterocycles. The minimum Gasteiger partial charge on any atom is -0.324 e. The van der Waals surface area contributed by atoms with Crippen LogP contribution in [-0.2, 0) is 0 Å². The van der Waals surface area contributed by atoms with Gasteiger partial charge in [0.05, 0.1) is 5.02 Å². The topological polar surface area (TPSA) is 67.1 Å². The summed E-state index contributed by atoms with van der Waals surface area (Å²) in [5, 5.41) is 3.38. The van der Waals surface area contributed by atoms with Crippen LogP contribution in [0.15, 0.2) is 46.9 Å². The highest BCUT2D eigenvalue weighted by molar-refractivity contribution is 9.10. The molecule has 0 atom stereocenters. The van der Waals surface area contributed by atoms with Crippen LogP contribution in [0.3, 0.4) is 0 Å². The van der Waals surface area contributed by atoms with Crippen molar-refractivity contribution in [2.24, 2.45) is 5.84 Å². The van der Waals surface area contributed by atoms with Crippen LogP contribution < -0.4 is 16.6 Å². The van der Waals surface area contributed by atoms with Gasteiger partial charge in [0.1, 0.15) is 0 Å². The van der Waals surface area contributed by atoms with Crippen molar-refractivity contribution in [1.29, 1.82) is 0 Å². The molecule has 0 fully saturated rings. The third-order valence-electron chi connectivity index (χ3n) is 2.49. The first-order valence-electron chi connectivity index (χ1n) is 5.43. The fraction of sp³-hybridized carbons (Fsp3) is 0. The van der Waals surface area contributed by atoms with Crippen molar-refractivity contribution in [3.63, 3.8) is 0 Å². The van der Waals surface area contributed by atoms with Gasteiger partial charge in [-0.25, -0.2) is 0 Å². The van der Waals surface area contributed by atoms with Gasteiger partial charge in [-0.2, -0.15) is 0 Å². The Bertz CT molecular complexity index is 601. The Morgan fingerprint density at radius 2 is 1.74 bits per heavy atom. The number of carbonyl (C=O) groups is 1. The molecule has 0 spiro atoms. The van der Waals surface area contributed by atoms with Crippen molar-refractivity contribution in [1.82, 2.24) is 0 Å². The second kappa shape index (κ2) is 6.06. The standard InChI is InChI=1S/C13H11BrClN3O/c14-11-7-10(5-6-12(11)15)17-13(19)8-1-3-9(18-16)4-2-8/h1-7,18H,16H2,(H,17,19). The summed E-state index contributed by atoms with van der Waals surface area (Å²) in [6.07, 6.45) is 0. The minimum absolute atomic E-state index is 0.196. The predicted molar refractivity (Wildman–Crippen MR) is 81.4 cm³/mol. The van der Waals surface area contributed by atoms with Gasteiger partial charge < -0.3 is 10.7 Å². The zero-order valence-electron chi connectivity index (χ0n) is 9.78. The number of carbonyl (C=O) groups excluding carboxylic acids is 1. The van der Waals surface area contributed by atoms with Crippen LogP contribution in [-0.4, -0.2) is 5.91 Å². The lowest BCUT2D eigenvalue weighted by atomic mass is 10.2. The highest BCUT2D eigenvalue weighted by Crippen LogP contribution is 2.25. The van der Waals surface area contributed by atoms with Crippen molar-refractivity contribution < 1.29 is 4.79 Å². The quantitative estimate of drug-likeness (QED) is 0.590. The number of benzene rings is 2. The van der Waals surface area contributed by atoms with Crippen LogP contribution in [0.25, 0.3) is 0 Å². The molecule has 4 N–H and O–H groups in total. The summed E-state index contributed by atoms with van der Waals surface area (Å²) < 4.78 is 0.731. The van der Waals surface area contributed by atoms with Gasteiger partial charge in [-0.15, -0.1) is 0 Å². The maximum absolute atomic E-state index is 12.0. The average Bonchev–Trinajstić information content (AvgIpc) is 2.43. The van der Waals surface area contributed by atoms with Crippen LogP contribution in [0, 0.1) is 0 Å². The molecular weight excluding hydrogens is 330 g/mol. The van der Waals surface area contributed by atoms with E-state index in [1.807, 2.05) is 0 Å². The zero-order valence-corrected chi connectivity index (χ0v) is 12.1. The SMILES string of the molecule is NNc1ccc(C(=O)Nc2ccc(Cl)c(Br)c2)cc1. The van der Waals surface area contributed by atoms with Crippen LogP contribution in [0.4, 0.5) is 11.4 Å². The Balaban J connectivity index is 2.13. The molecule has 0 aromatic heterocycles. The summed E-state index contributed by atoms with van der Waals surface area (Å²) in [5.41, 5.74) is 4.46. The fourth-order valence-corrected chi connectivity index (χ4v) is 1.99. The molecule has 6 heteroatoms. The Hall–Kier alpha value is -1.56. The molecule has 0 aliphatic rings. The van der Waals surface area contributed by atoms with Gasteiger partial charge in [-0.05, 0) is 58.4 Å². The number of amides is 1. The molecule has 0 unspecified atom stereocenters. The summed E-state index contributed by atoms with van der Waals surface area (Å²) >= 11 is 9.19. The Morgan fingerprint density at radius 1 is 1.11 bits per heavy atom. The Labute approximate surface area is 124 Å². The van der Waals surface area contributed by atoms with Crippen LogP contribution in [0.2, 0.25) is 5.02 Å². The van der Waals surface area contributed by atoms with Crippen LogP contribution in [0.1, 0.15) is 10.4 Å². The number of rotatable bonds is 3. The van der Waals surface area contributed by atoms with Crippen molar-refractivity contribution >= 4 is 44.8 Å². The number of hydrogen-bond donors (Lipinski definition) is 3. The van der Waals surface area contributed by atoms with E-state index in [1.165, 1.54) is 0 Å². The summed E-state index contributed by atoms with van der Waals surface area (Å²) in [6.45, 7) is 0. The molecule has 98 valence electrons. The van der Waals surface area contributed by atoms with E-state index in [1.54, 1.807) is 42.5 Å². The maximum atomic E-state index is 12.0. The molecular formula is C13H11BrClN3O. The number of halogens is 2. The molecule has 0 heterocycles. The molecule has 0 aliphatic carbocycles. The monoisotopic (exact) mass is 339 g/mol. The maximum Gasteiger partial charge on any atom is 0.255 e. The molecule has 2 rings (SSSR count). The summed E-state index contributed by atoms with van der Waals surface area (Å²) in [6, 6.07) is 12.0. The van der Waals surface area contributed by atoms with Crippen molar-refractivity contribution in [2.75, 3.05) is 10.7 Å². The molecule has 19 heavy (non-hydrogen) atoms. The Morgan fingerprint density at radius 3 is 2.32 bits per heavy atom. The number of nitrogen functional groups attached to an aromatic ring is 1. The zero-order chi connectivity index (χ0) is 13.8. The number of nitrogens with two attached hydrogens (primary N) is 1. The highest BCUT2D eigenvalue weighted by Gasteiger charge is 2.07. The molecule has 0 bridgehead atoms. The lowest BCUT2D eigenvalue weighted by molar-refractivity contribution is 0.102. The van der Waals surface area contributed by atoms with Crippen molar-refractivity contribution in [3.05, 3.63) is 57.5 Å². The van der Waals surface area contributed by atoms with Crippen molar-refractivity contribution in [2.45, 2.75) is 0 Å². The van der Waals surface area contributed by atoms with E-state index in [0.29, 0.717) is 16.3 Å². The van der Waals surface area contributed by atoms with Gasteiger partial charge >= 0.3 is 0 Å². The van der Waals surface area contributed by atoms with Gasteiger partial charge in [0.25, 0.3) is 5.91 Å². The molecule has 0 aliphatic heterocycles. The summed E-state index contributed by atoms with van der Waals surface area (Å²) in [4.78, 5) is 12.0. The second-order valence-corrected chi connectivity index (χ2v) is 5.07. The number of anilines is 2. The molecule has 2 aromatic rings. The highest BCUT2D eigenvalue weighted by atomic mass is 79.9. The van der Waals surface area contributed by atoms with E-state index in [2.05, 4.69) is 26.7 Å². The summed E-state index contributed by atoms with van der Waals surface area (Å²) in [7, 11) is 0. The molecule has 2 aromatic carbocycles. The lowest BCUT2D eigenvalue weighted by Gasteiger charge is -2.07. The van der Waals surface area contributed by atoms with E-state index in [4.69, 9.17) is 17.4 Å². The summed E-state index contributed by atoms with van der Waals surface area (Å²) in [5.74, 6) is 5.07. The first-order valence-corrected chi connectivity index (χ1v) is 6.60. The molecule has 4 nitrogen and oxygen atoms in total. The fourth-order valence-electron chi connectivity index (χ4n) is 1.49. The Kier molecular flexibility index (Phi) is 4.42. The molecule has 0 saturated carbocycles. The van der Waals surface area contributed by atoms with E-state index >= 15 is 0 Å². The van der Waals surface area contributed by atoms with Crippen molar-refractivity contribution in [3.8, 4) is 0 Å². The molecule has 0 radical (unpaired) electrons. The second-order valence-electron chi connectivity index (χ2n) is 3.80. The van der Waals surface area contributed by atoms with E-state index < -0.39 is 0 Å². The minimum atomic E-state index is -0.196. The van der Waals surface area contributed by atoms with E-state index in [-0.39, 0.29) is 5.91 Å². The van der Waals surface area contributed by atoms with Gasteiger partial charge in [0.15, 0.2) is 0 Å². The van der Waals surface area contributed by atoms with E-state index in [9.17, 15) is 4.79 Å². The number of hydrogen-bond acceptors (Lipinski definition) is 3. The third-order valence-corrected chi connectivity index (χ3v) is 3.71. The number of nitrogens with one attached hydrogen (secondary N) is 2. The van der Waals surface area contributed by atoms with Gasteiger partial charge in [0, 0.05) is 21.4 Å². The smallest absolute Gasteiger partial charge is 0.255 e. The largest absolute Gasteiger partial charge is 0.324 e. The first-order chi connectivity index (χ1) is 9.10. The van der Waals surface area contributed by atoms with Crippen LogP contribution >= 0.6 is 27.5 Å².